The van der Waals surface area contributed by atoms with E-state index in [4.69, 9.17) is 0 Å². The predicted molar refractivity (Wildman–Crippen MR) is 95.9 cm³/mol. The standard InChI is InChI=1S/C16H26N6S/c1-16(2,3)13-12-23-14(21-13)11-19-15(17-4)18-7-5-9-22-10-6-8-20-22/h6,8,10,12H,5,7,9,11H2,1-4H3,(H2,17,18,19). The van der Waals surface area contributed by atoms with Crippen LogP contribution in [0.2, 0.25) is 0 Å². The average Bonchev–Trinajstić information content (AvgIpc) is 3.17. The summed E-state index contributed by atoms with van der Waals surface area (Å²) < 4.78 is 1.93. The highest BCUT2D eigenvalue weighted by molar-refractivity contribution is 7.09. The Hall–Kier alpha value is -1.89. The number of nitrogens with zero attached hydrogens (tertiary/aromatic N) is 4. The number of aryl methyl sites for hydroxylation is 1. The molecule has 0 aromatic carbocycles. The third-order valence-electron chi connectivity index (χ3n) is 3.37. The smallest absolute Gasteiger partial charge is 0.191 e. The Balaban J connectivity index is 1.71. The van der Waals surface area contributed by atoms with Gasteiger partial charge in [-0.15, -0.1) is 11.3 Å². The van der Waals surface area contributed by atoms with Crippen LogP contribution < -0.4 is 10.6 Å². The molecule has 2 aromatic heterocycles. The van der Waals surface area contributed by atoms with Gasteiger partial charge in [0, 0.05) is 43.3 Å². The lowest BCUT2D eigenvalue weighted by molar-refractivity contribution is 0.567. The summed E-state index contributed by atoms with van der Waals surface area (Å²) in [5, 5.41) is 14.0. The van der Waals surface area contributed by atoms with Crippen molar-refractivity contribution >= 4 is 17.3 Å². The van der Waals surface area contributed by atoms with Gasteiger partial charge >= 0.3 is 0 Å². The summed E-state index contributed by atoms with van der Waals surface area (Å²) >= 11 is 1.69. The molecule has 0 radical (unpaired) electrons. The van der Waals surface area contributed by atoms with Crippen LogP contribution in [0, 0.1) is 0 Å². The SMILES string of the molecule is CN=C(NCCCn1cccn1)NCc1nc(C(C)(C)C)cs1. The fourth-order valence-electron chi connectivity index (χ4n) is 2.00. The number of thiazole rings is 1. The van der Waals surface area contributed by atoms with Gasteiger partial charge in [-0.2, -0.15) is 5.10 Å². The Labute approximate surface area is 142 Å². The van der Waals surface area contributed by atoms with E-state index in [1.54, 1.807) is 24.6 Å². The van der Waals surface area contributed by atoms with Crippen molar-refractivity contribution in [1.82, 2.24) is 25.4 Å². The first-order chi connectivity index (χ1) is 11.0. The highest BCUT2D eigenvalue weighted by Crippen LogP contribution is 2.23. The molecule has 2 aromatic rings. The Morgan fingerprint density at radius 1 is 1.35 bits per heavy atom. The van der Waals surface area contributed by atoms with E-state index in [1.807, 2.05) is 16.9 Å². The molecule has 2 heterocycles. The minimum Gasteiger partial charge on any atom is -0.356 e. The maximum atomic E-state index is 4.68. The van der Waals surface area contributed by atoms with Crippen molar-refractivity contribution in [2.45, 2.75) is 45.7 Å². The van der Waals surface area contributed by atoms with Crippen molar-refractivity contribution in [3.8, 4) is 0 Å². The van der Waals surface area contributed by atoms with Gasteiger partial charge in [-0.3, -0.25) is 9.67 Å². The summed E-state index contributed by atoms with van der Waals surface area (Å²) in [6.07, 6.45) is 4.77. The van der Waals surface area contributed by atoms with Gasteiger partial charge in [0.1, 0.15) is 5.01 Å². The Kier molecular flexibility index (Phi) is 6.15. The van der Waals surface area contributed by atoms with Crippen LogP contribution in [0.1, 0.15) is 37.9 Å². The number of hydrogen-bond donors (Lipinski definition) is 2. The zero-order valence-electron chi connectivity index (χ0n) is 14.3. The van der Waals surface area contributed by atoms with Crippen LogP contribution in [0.25, 0.3) is 0 Å². The molecule has 2 N–H and O–H groups in total. The van der Waals surface area contributed by atoms with Gasteiger partial charge in [0.25, 0.3) is 0 Å². The largest absolute Gasteiger partial charge is 0.356 e. The van der Waals surface area contributed by atoms with Crippen LogP contribution in [0.3, 0.4) is 0 Å². The lowest BCUT2D eigenvalue weighted by atomic mass is 9.93. The number of aliphatic imine (C=N–C) groups is 1. The van der Waals surface area contributed by atoms with Gasteiger partial charge < -0.3 is 10.6 Å². The maximum absolute atomic E-state index is 4.68. The Morgan fingerprint density at radius 3 is 2.78 bits per heavy atom. The molecule has 0 spiro atoms. The zero-order chi connectivity index (χ0) is 16.7. The summed E-state index contributed by atoms with van der Waals surface area (Å²) in [6.45, 7) is 8.99. The summed E-state index contributed by atoms with van der Waals surface area (Å²) in [4.78, 5) is 8.92. The topological polar surface area (TPSA) is 67.1 Å². The van der Waals surface area contributed by atoms with E-state index in [-0.39, 0.29) is 5.41 Å². The van der Waals surface area contributed by atoms with Crippen LogP contribution in [-0.4, -0.2) is 34.3 Å². The van der Waals surface area contributed by atoms with Gasteiger partial charge in [0.2, 0.25) is 0 Å². The first-order valence-corrected chi connectivity index (χ1v) is 8.74. The first-order valence-electron chi connectivity index (χ1n) is 7.86. The van der Waals surface area contributed by atoms with Gasteiger partial charge in [0.15, 0.2) is 5.96 Å². The van der Waals surface area contributed by atoms with E-state index < -0.39 is 0 Å². The molecule has 0 bridgehead atoms. The van der Waals surface area contributed by atoms with Crippen molar-refractivity contribution in [3.05, 3.63) is 34.5 Å². The van der Waals surface area contributed by atoms with Gasteiger partial charge in [-0.1, -0.05) is 20.8 Å². The molecule has 0 amide bonds. The third-order valence-corrected chi connectivity index (χ3v) is 4.22. The molecule has 0 fully saturated rings. The van der Waals surface area contributed by atoms with Gasteiger partial charge in [-0.05, 0) is 12.5 Å². The van der Waals surface area contributed by atoms with E-state index in [2.05, 4.69) is 51.9 Å². The first kappa shape index (κ1) is 17.5. The lowest BCUT2D eigenvalue weighted by Gasteiger charge is -2.14. The molecule has 2 rings (SSSR count). The molecule has 23 heavy (non-hydrogen) atoms. The highest BCUT2D eigenvalue weighted by Gasteiger charge is 2.17. The fourth-order valence-corrected chi connectivity index (χ4v) is 2.96. The molecule has 0 unspecified atom stereocenters. The highest BCUT2D eigenvalue weighted by atomic mass is 32.1. The summed E-state index contributed by atoms with van der Waals surface area (Å²) in [5.41, 5.74) is 1.24. The van der Waals surface area contributed by atoms with Crippen LogP contribution in [0.5, 0.6) is 0 Å². The molecule has 0 aliphatic rings. The van der Waals surface area contributed by atoms with Crippen LogP contribution in [0.4, 0.5) is 0 Å². The predicted octanol–water partition coefficient (Wildman–Crippen LogP) is 2.39. The second kappa shape index (κ2) is 8.10. The van der Waals surface area contributed by atoms with Crippen LogP contribution >= 0.6 is 11.3 Å². The summed E-state index contributed by atoms with van der Waals surface area (Å²) in [7, 11) is 1.78. The summed E-state index contributed by atoms with van der Waals surface area (Å²) in [5.74, 6) is 0.804. The second-order valence-corrected chi connectivity index (χ2v) is 7.29. The molecule has 0 saturated carbocycles. The summed E-state index contributed by atoms with van der Waals surface area (Å²) in [6, 6.07) is 1.94. The number of rotatable bonds is 6. The fraction of sp³-hybridized carbons (Fsp3) is 0.562. The lowest BCUT2D eigenvalue weighted by Crippen LogP contribution is -2.37. The Bertz CT molecular complexity index is 609. The molecular formula is C16H26N6S. The number of guanidine groups is 1. The number of nitrogens with one attached hydrogen (secondary N) is 2. The van der Waals surface area contributed by atoms with E-state index in [9.17, 15) is 0 Å². The number of hydrogen-bond acceptors (Lipinski definition) is 4. The van der Waals surface area contributed by atoms with E-state index in [1.165, 1.54) is 0 Å². The van der Waals surface area contributed by atoms with Crippen molar-refractivity contribution in [2.75, 3.05) is 13.6 Å². The Morgan fingerprint density at radius 2 is 2.17 bits per heavy atom. The van der Waals surface area contributed by atoms with Crippen molar-refractivity contribution < 1.29 is 0 Å². The second-order valence-electron chi connectivity index (χ2n) is 6.35. The number of aromatic nitrogens is 3. The molecular weight excluding hydrogens is 308 g/mol. The minimum absolute atomic E-state index is 0.0984. The third kappa shape index (κ3) is 5.67. The van der Waals surface area contributed by atoms with Gasteiger partial charge in [0.05, 0.1) is 12.2 Å². The molecule has 126 valence electrons. The van der Waals surface area contributed by atoms with Gasteiger partial charge in [-0.25, -0.2) is 4.98 Å². The quantitative estimate of drug-likeness (QED) is 0.484. The minimum atomic E-state index is 0.0984. The molecule has 6 nitrogen and oxygen atoms in total. The van der Waals surface area contributed by atoms with E-state index in [0.29, 0.717) is 6.54 Å². The normalized spacial score (nSPS) is 12.4. The molecule has 0 atom stereocenters. The molecule has 0 aliphatic heterocycles. The maximum Gasteiger partial charge on any atom is 0.191 e. The molecule has 0 aliphatic carbocycles. The average molecular weight is 334 g/mol. The van der Waals surface area contributed by atoms with Crippen molar-refractivity contribution in [1.29, 1.82) is 0 Å². The zero-order valence-corrected chi connectivity index (χ0v) is 15.2. The van der Waals surface area contributed by atoms with Crippen molar-refractivity contribution in [3.63, 3.8) is 0 Å². The molecule has 7 heteroatoms. The van der Waals surface area contributed by atoms with E-state index >= 15 is 0 Å². The van der Waals surface area contributed by atoms with Crippen LogP contribution in [0.15, 0.2) is 28.8 Å². The monoisotopic (exact) mass is 334 g/mol. The van der Waals surface area contributed by atoms with Crippen molar-refractivity contribution in [2.24, 2.45) is 4.99 Å². The van der Waals surface area contributed by atoms with E-state index in [0.717, 1.165) is 36.2 Å². The molecule has 0 saturated heterocycles. The van der Waals surface area contributed by atoms with Crippen LogP contribution in [-0.2, 0) is 18.5 Å².